The number of aromatic nitrogens is 1. The van der Waals surface area contributed by atoms with Crippen molar-refractivity contribution in [3.05, 3.63) is 39.9 Å². The van der Waals surface area contributed by atoms with Crippen LogP contribution in [0.3, 0.4) is 0 Å². The first-order chi connectivity index (χ1) is 9.29. The first kappa shape index (κ1) is 13.2. The average molecular weight is 313 g/mol. The van der Waals surface area contributed by atoms with E-state index < -0.39 is 0 Å². The van der Waals surface area contributed by atoms with Crippen molar-refractivity contribution in [2.75, 3.05) is 11.4 Å². The molecule has 0 saturated heterocycles. The molecular weight excluding hydrogens is 299 g/mol. The van der Waals surface area contributed by atoms with Gasteiger partial charge in [0.1, 0.15) is 5.15 Å². The molecule has 0 radical (unpaired) electrons. The SMILES string of the molecule is ClCc1sc(N2CCCCc3ccccc32)nc1Cl. The number of fused-ring (bicyclic) bond motifs is 1. The number of hydrogen-bond donors (Lipinski definition) is 0. The maximum absolute atomic E-state index is 6.12. The third-order valence-electron chi connectivity index (χ3n) is 3.35. The second kappa shape index (κ2) is 5.70. The van der Waals surface area contributed by atoms with Crippen molar-refractivity contribution in [1.82, 2.24) is 4.98 Å². The lowest BCUT2D eigenvalue weighted by atomic mass is 10.1. The summed E-state index contributed by atoms with van der Waals surface area (Å²) in [5.74, 6) is 0.423. The molecule has 0 unspecified atom stereocenters. The number of alkyl halides is 1. The molecule has 5 heteroatoms. The molecule has 0 atom stereocenters. The Kier molecular flexibility index (Phi) is 3.96. The second-order valence-electron chi connectivity index (χ2n) is 4.58. The molecule has 19 heavy (non-hydrogen) atoms. The van der Waals surface area contributed by atoms with Crippen LogP contribution in [-0.2, 0) is 12.3 Å². The minimum Gasteiger partial charge on any atom is -0.318 e. The summed E-state index contributed by atoms with van der Waals surface area (Å²) in [7, 11) is 0. The largest absolute Gasteiger partial charge is 0.318 e. The maximum Gasteiger partial charge on any atom is 0.191 e. The molecule has 0 N–H and O–H groups in total. The summed E-state index contributed by atoms with van der Waals surface area (Å²) in [4.78, 5) is 7.69. The Balaban J connectivity index is 2.03. The second-order valence-corrected chi connectivity index (χ2v) is 6.27. The predicted molar refractivity (Wildman–Crippen MR) is 83.1 cm³/mol. The first-order valence-electron chi connectivity index (χ1n) is 6.36. The van der Waals surface area contributed by atoms with Crippen LogP contribution in [0, 0.1) is 0 Å². The van der Waals surface area contributed by atoms with Crippen LogP contribution in [0.15, 0.2) is 24.3 Å². The van der Waals surface area contributed by atoms with E-state index >= 15 is 0 Å². The number of nitrogens with zero attached hydrogens (tertiary/aromatic N) is 2. The molecule has 100 valence electrons. The summed E-state index contributed by atoms with van der Waals surface area (Å²) < 4.78 is 0. The van der Waals surface area contributed by atoms with Crippen molar-refractivity contribution in [3.63, 3.8) is 0 Å². The van der Waals surface area contributed by atoms with Crippen molar-refractivity contribution in [2.24, 2.45) is 0 Å². The zero-order valence-electron chi connectivity index (χ0n) is 10.4. The Morgan fingerprint density at radius 3 is 2.89 bits per heavy atom. The molecule has 2 nitrogen and oxygen atoms in total. The monoisotopic (exact) mass is 312 g/mol. The van der Waals surface area contributed by atoms with Gasteiger partial charge in [-0.2, -0.15) is 0 Å². The van der Waals surface area contributed by atoms with E-state index in [1.165, 1.54) is 24.1 Å². The Hall–Kier alpha value is -0.770. The molecular formula is C14H14Cl2N2S. The zero-order chi connectivity index (χ0) is 13.2. The summed E-state index contributed by atoms with van der Waals surface area (Å²) in [5.41, 5.74) is 2.64. The number of benzene rings is 1. The Morgan fingerprint density at radius 1 is 1.26 bits per heavy atom. The van der Waals surface area contributed by atoms with Crippen LogP contribution >= 0.6 is 34.5 Å². The molecule has 1 aromatic heterocycles. The van der Waals surface area contributed by atoms with Gasteiger partial charge >= 0.3 is 0 Å². The molecule has 1 aliphatic heterocycles. The van der Waals surface area contributed by atoms with Crippen molar-refractivity contribution in [2.45, 2.75) is 25.1 Å². The van der Waals surface area contributed by atoms with Gasteiger partial charge in [-0.05, 0) is 30.9 Å². The summed E-state index contributed by atoms with van der Waals surface area (Å²) in [5, 5.41) is 1.49. The normalized spacial score (nSPS) is 15.2. The Bertz CT molecular complexity index is 583. The Labute approximate surface area is 127 Å². The number of aryl methyl sites for hydroxylation is 1. The summed E-state index contributed by atoms with van der Waals surface area (Å²) in [6.45, 7) is 0.989. The average Bonchev–Trinajstić information content (AvgIpc) is 2.68. The summed E-state index contributed by atoms with van der Waals surface area (Å²) in [6.07, 6.45) is 3.52. The number of anilines is 2. The topological polar surface area (TPSA) is 16.1 Å². The van der Waals surface area contributed by atoms with Gasteiger partial charge in [0.05, 0.1) is 10.8 Å². The van der Waals surface area contributed by atoms with Gasteiger partial charge in [0, 0.05) is 12.2 Å². The highest BCUT2D eigenvalue weighted by Gasteiger charge is 2.20. The van der Waals surface area contributed by atoms with Gasteiger partial charge in [-0.25, -0.2) is 4.98 Å². The van der Waals surface area contributed by atoms with Gasteiger partial charge in [0.15, 0.2) is 5.13 Å². The molecule has 0 saturated carbocycles. The van der Waals surface area contributed by atoms with E-state index in [1.807, 2.05) is 0 Å². The van der Waals surface area contributed by atoms with Crippen LogP contribution in [0.5, 0.6) is 0 Å². The van der Waals surface area contributed by atoms with Crippen LogP contribution in [0.25, 0.3) is 0 Å². The first-order valence-corrected chi connectivity index (χ1v) is 8.09. The molecule has 0 amide bonds. The molecule has 1 aromatic carbocycles. The van der Waals surface area contributed by atoms with Gasteiger partial charge in [-0.3, -0.25) is 0 Å². The van der Waals surface area contributed by atoms with Gasteiger partial charge in [0.25, 0.3) is 0 Å². The summed E-state index contributed by atoms with van der Waals surface area (Å²) >= 11 is 13.6. The summed E-state index contributed by atoms with van der Waals surface area (Å²) in [6, 6.07) is 8.54. The molecule has 0 bridgehead atoms. The molecule has 1 aliphatic rings. The van der Waals surface area contributed by atoms with Crippen LogP contribution < -0.4 is 4.90 Å². The smallest absolute Gasteiger partial charge is 0.191 e. The van der Waals surface area contributed by atoms with E-state index in [0.29, 0.717) is 11.0 Å². The van der Waals surface area contributed by atoms with Crippen LogP contribution in [-0.4, -0.2) is 11.5 Å². The van der Waals surface area contributed by atoms with E-state index in [9.17, 15) is 0 Å². The van der Waals surface area contributed by atoms with Crippen LogP contribution in [0.1, 0.15) is 23.3 Å². The van der Waals surface area contributed by atoms with Gasteiger partial charge < -0.3 is 4.90 Å². The van der Waals surface area contributed by atoms with E-state index in [-0.39, 0.29) is 0 Å². The fourth-order valence-corrected chi connectivity index (χ4v) is 3.92. The maximum atomic E-state index is 6.12. The van der Waals surface area contributed by atoms with E-state index in [1.54, 1.807) is 11.3 Å². The van der Waals surface area contributed by atoms with Crippen molar-refractivity contribution >= 4 is 45.4 Å². The van der Waals surface area contributed by atoms with Gasteiger partial charge in [0.2, 0.25) is 0 Å². The standard InChI is InChI=1S/C14H14Cl2N2S/c15-9-12-13(16)17-14(19-12)18-8-4-3-6-10-5-1-2-7-11(10)18/h1-2,5,7H,3-4,6,8-9H2. The highest BCUT2D eigenvalue weighted by molar-refractivity contribution is 7.16. The number of hydrogen-bond acceptors (Lipinski definition) is 3. The minimum absolute atomic E-state index is 0.423. The fraction of sp³-hybridized carbons (Fsp3) is 0.357. The van der Waals surface area contributed by atoms with E-state index in [4.69, 9.17) is 23.2 Å². The molecule has 2 aromatic rings. The van der Waals surface area contributed by atoms with E-state index in [0.717, 1.165) is 23.0 Å². The highest BCUT2D eigenvalue weighted by Crippen LogP contribution is 2.37. The van der Waals surface area contributed by atoms with Crippen LogP contribution in [0.2, 0.25) is 5.15 Å². The highest BCUT2D eigenvalue weighted by atomic mass is 35.5. The van der Waals surface area contributed by atoms with E-state index in [2.05, 4.69) is 34.1 Å². The Morgan fingerprint density at radius 2 is 2.11 bits per heavy atom. The lowest BCUT2D eigenvalue weighted by Crippen LogP contribution is -2.17. The van der Waals surface area contributed by atoms with Crippen molar-refractivity contribution in [1.29, 1.82) is 0 Å². The van der Waals surface area contributed by atoms with Crippen molar-refractivity contribution < 1.29 is 0 Å². The lowest BCUT2D eigenvalue weighted by molar-refractivity contribution is 0.760. The number of para-hydroxylation sites is 1. The van der Waals surface area contributed by atoms with Crippen molar-refractivity contribution in [3.8, 4) is 0 Å². The van der Waals surface area contributed by atoms with Gasteiger partial charge in [-0.15, -0.1) is 11.6 Å². The number of rotatable bonds is 2. The fourth-order valence-electron chi connectivity index (χ4n) is 2.41. The number of halogens is 2. The van der Waals surface area contributed by atoms with Crippen LogP contribution in [0.4, 0.5) is 10.8 Å². The minimum atomic E-state index is 0.423. The third-order valence-corrected chi connectivity index (χ3v) is 5.28. The zero-order valence-corrected chi connectivity index (χ0v) is 12.7. The number of thiazole rings is 1. The molecule has 0 spiro atoms. The molecule has 0 aliphatic carbocycles. The third kappa shape index (κ3) is 2.60. The predicted octanol–water partition coefficient (Wildman–Crippen LogP) is 5.01. The molecule has 3 rings (SSSR count). The molecule has 2 heterocycles. The lowest BCUT2D eigenvalue weighted by Gasteiger charge is -2.21. The molecule has 0 fully saturated rings. The van der Waals surface area contributed by atoms with Gasteiger partial charge in [-0.1, -0.05) is 41.1 Å². The quantitative estimate of drug-likeness (QED) is 0.725.